The quantitative estimate of drug-likeness (QED) is 0.294. The number of piperidine rings is 1. The molecule has 44 heavy (non-hydrogen) atoms. The summed E-state index contributed by atoms with van der Waals surface area (Å²) in [6.45, 7) is 4.43. The number of hydrogen-bond donors (Lipinski definition) is 1. The molecule has 0 bridgehead atoms. The highest BCUT2D eigenvalue weighted by Gasteiger charge is 2.35. The maximum Gasteiger partial charge on any atom is 0.417 e. The molecule has 246 valence electrons. The Labute approximate surface area is 261 Å². The fourth-order valence-electron chi connectivity index (χ4n) is 6.52. The smallest absolute Gasteiger partial charge is 0.390 e. The van der Waals surface area contributed by atoms with Crippen molar-refractivity contribution < 1.29 is 31.1 Å². The van der Waals surface area contributed by atoms with Gasteiger partial charge in [0, 0.05) is 66.6 Å². The van der Waals surface area contributed by atoms with E-state index in [0.717, 1.165) is 68.7 Å². The maximum atomic E-state index is 14.0. The van der Waals surface area contributed by atoms with Crippen molar-refractivity contribution in [3.05, 3.63) is 35.0 Å². The van der Waals surface area contributed by atoms with Crippen molar-refractivity contribution in [3.8, 4) is 11.3 Å². The molecule has 5 rings (SSSR count). The molecule has 1 N–H and O–H groups in total. The van der Waals surface area contributed by atoms with Crippen LogP contribution in [0.2, 0.25) is 0 Å². The number of benzene rings is 1. The SMILES string of the molecule is CS(=O)(=O)N1CCc2c(c(-c3ccc(C(F)(F)F)c(SCCN4CCCC(F)C4)c3)nn2C[C@@H](O)CN2CCCCCC2)C1. The van der Waals surface area contributed by atoms with Crippen molar-refractivity contribution in [2.75, 3.05) is 57.8 Å². The van der Waals surface area contributed by atoms with E-state index >= 15 is 0 Å². The van der Waals surface area contributed by atoms with Gasteiger partial charge >= 0.3 is 6.18 Å². The Morgan fingerprint density at radius 3 is 2.45 bits per heavy atom. The molecule has 2 aromatic rings. The van der Waals surface area contributed by atoms with E-state index in [9.17, 15) is 31.1 Å². The third-order valence-corrected chi connectivity index (χ3v) is 11.1. The lowest BCUT2D eigenvalue weighted by atomic mass is 10.0. The minimum absolute atomic E-state index is 0.0593. The van der Waals surface area contributed by atoms with Crippen molar-refractivity contribution in [1.29, 1.82) is 0 Å². The van der Waals surface area contributed by atoms with Gasteiger partial charge < -0.3 is 10.0 Å². The predicted octanol–water partition coefficient (Wildman–Crippen LogP) is 4.65. The molecule has 3 aliphatic heterocycles. The highest BCUT2D eigenvalue weighted by Crippen LogP contribution is 2.40. The van der Waals surface area contributed by atoms with Crippen LogP contribution in [0.5, 0.6) is 0 Å². The van der Waals surface area contributed by atoms with Crippen molar-refractivity contribution in [2.45, 2.75) is 81.4 Å². The van der Waals surface area contributed by atoms with Crippen LogP contribution in [0.3, 0.4) is 0 Å². The Kier molecular flexibility index (Phi) is 11.0. The fraction of sp³-hybridized carbons (Fsp3) is 0.700. The van der Waals surface area contributed by atoms with Gasteiger partial charge in [0.15, 0.2) is 0 Å². The fourth-order valence-corrected chi connectivity index (χ4v) is 8.42. The monoisotopic (exact) mass is 661 g/mol. The van der Waals surface area contributed by atoms with Crippen LogP contribution in [-0.4, -0.2) is 108 Å². The van der Waals surface area contributed by atoms with Gasteiger partial charge in [-0.3, -0.25) is 9.58 Å². The van der Waals surface area contributed by atoms with E-state index in [1.54, 1.807) is 4.68 Å². The van der Waals surface area contributed by atoms with Gasteiger partial charge in [-0.2, -0.15) is 22.6 Å². The molecule has 1 aromatic heterocycles. The van der Waals surface area contributed by atoms with E-state index in [4.69, 9.17) is 5.10 Å². The summed E-state index contributed by atoms with van der Waals surface area (Å²) in [7, 11) is -3.51. The summed E-state index contributed by atoms with van der Waals surface area (Å²) in [5.41, 5.74) is 1.61. The second-order valence-corrected chi connectivity index (χ2v) is 15.4. The number of sulfonamides is 1. The molecule has 0 radical (unpaired) electrons. The van der Waals surface area contributed by atoms with Crippen molar-refractivity contribution in [1.82, 2.24) is 23.9 Å². The third-order valence-electron chi connectivity index (χ3n) is 8.79. The van der Waals surface area contributed by atoms with Gasteiger partial charge in [0.1, 0.15) is 6.17 Å². The average molecular weight is 662 g/mol. The molecule has 0 saturated carbocycles. The topological polar surface area (TPSA) is 81.9 Å². The number of thioether (sulfide) groups is 1. The zero-order valence-electron chi connectivity index (χ0n) is 25.2. The van der Waals surface area contributed by atoms with E-state index < -0.39 is 34.0 Å². The lowest BCUT2D eigenvalue weighted by molar-refractivity contribution is -0.139. The molecule has 2 atom stereocenters. The van der Waals surface area contributed by atoms with Crippen molar-refractivity contribution in [2.24, 2.45) is 0 Å². The van der Waals surface area contributed by atoms with Gasteiger partial charge in [-0.25, -0.2) is 12.8 Å². The largest absolute Gasteiger partial charge is 0.417 e. The highest BCUT2D eigenvalue weighted by atomic mass is 32.2. The standard InChI is InChI=1S/C30H43F4N5O3S2/c1-44(41,42)38-14-10-27-25(21-38)29(35-39(27)20-24(40)19-36-11-4-2-3-5-12-36)22-8-9-26(30(32,33)34)28(17-22)43-16-15-37-13-6-7-23(31)18-37/h8-9,17,23-24,40H,2-7,10-16,18-21H2,1H3/t23?,24-/m0/s1. The highest BCUT2D eigenvalue weighted by molar-refractivity contribution is 7.99. The molecule has 4 heterocycles. The lowest BCUT2D eigenvalue weighted by Gasteiger charge is -2.28. The van der Waals surface area contributed by atoms with Crippen LogP contribution in [0.25, 0.3) is 11.3 Å². The molecule has 0 amide bonds. The molecule has 0 spiro atoms. The summed E-state index contributed by atoms with van der Waals surface area (Å²) >= 11 is 1.09. The first-order chi connectivity index (χ1) is 20.9. The molecule has 3 aliphatic rings. The number of aliphatic hydroxyl groups excluding tert-OH is 1. The molecule has 2 fully saturated rings. The molecule has 2 saturated heterocycles. The predicted molar refractivity (Wildman–Crippen MR) is 164 cm³/mol. The number of aromatic nitrogens is 2. The van der Waals surface area contributed by atoms with E-state index in [1.165, 1.54) is 29.3 Å². The second-order valence-electron chi connectivity index (χ2n) is 12.3. The van der Waals surface area contributed by atoms with Gasteiger partial charge in [0.2, 0.25) is 10.0 Å². The first kappa shape index (κ1) is 33.6. The molecule has 14 heteroatoms. The summed E-state index contributed by atoms with van der Waals surface area (Å²) in [6.07, 6.45) is 1.19. The summed E-state index contributed by atoms with van der Waals surface area (Å²) in [5, 5.41) is 15.8. The van der Waals surface area contributed by atoms with Crippen LogP contribution in [0.1, 0.15) is 55.3 Å². The Bertz CT molecular complexity index is 1380. The first-order valence-electron chi connectivity index (χ1n) is 15.5. The van der Waals surface area contributed by atoms with Crippen molar-refractivity contribution >= 4 is 21.8 Å². The minimum Gasteiger partial charge on any atom is -0.390 e. The van der Waals surface area contributed by atoms with Gasteiger partial charge in [-0.15, -0.1) is 11.8 Å². The number of likely N-dealkylation sites (tertiary alicyclic amines) is 2. The molecule has 1 aromatic carbocycles. The van der Waals surface area contributed by atoms with Gasteiger partial charge in [-0.05, 0) is 57.5 Å². The third kappa shape index (κ3) is 8.55. The Morgan fingerprint density at radius 2 is 1.77 bits per heavy atom. The number of hydrogen-bond acceptors (Lipinski definition) is 7. The van der Waals surface area contributed by atoms with Gasteiger partial charge in [-0.1, -0.05) is 18.9 Å². The summed E-state index contributed by atoms with van der Waals surface area (Å²) in [5.74, 6) is 0.371. The number of aliphatic hydroxyl groups is 1. The average Bonchev–Trinajstić information content (AvgIpc) is 3.10. The number of halogens is 4. The van der Waals surface area contributed by atoms with Crippen molar-refractivity contribution in [3.63, 3.8) is 0 Å². The van der Waals surface area contributed by atoms with E-state index in [1.807, 2.05) is 4.90 Å². The van der Waals surface area contributed by atoms with E-state index in [0.29, 0.717) is 55.0 Å². The second kappa shape index (κ2) is 14.4. The summed E-state index contributed by atoms with van der Waals surface area (Å²) in [4.78, 5) is 4.27. The number of alkyl halides is 4. The van der Waals surface area contributed by atoms with E-state index in [-0.39, 0.29) is 24.5 Å². The Hall–Kier alpha value is -1.71. The minimum atomic E-state index is -4.56. The van der Waals surface area contributed by atoms with Crippen LogP contribution in [0.4, 0.5) is 17.6 Å². The molecular weight excluding hydrogens is 618 g/mol. The molecule has 0 aliphatic carbocycles. The van der Waals surface area contributed by atoms with Gasteiger partial charge in [0.25, 0.3) is 0 Å². The first-order valence-corrected chi connectivity index (χ1v) is 18.4. The van der Waals surface area contributed by atoms with Crippen LogP contribution < -0.4 is 0 Å². The number of β-amino-alcohol motifs (C(OH)–C–C–N with tert-alkyl or cyclic N) is 1. The maximum absolute atomic E-state index is 14.0. The molecule has 8 nitrogen and oxygen atoms in total. The molecular formula is C30H43F4N5O3S2. The Morgan fingerprint density at radius 1 is 1.05 bits per heavy atom. The zero-order chi connectivity index (χ0) is 31.5. The van der Waals surface area contributed by atoms with E-state index in [2.05, 4.69) is 4.90 Å². The zero-order valence-corrected chi connectivity index (χ0v) is 26.9. The number of nitrogens with zero attached hydrogens (tertiary/aromatic N) is 5. The van der Waals surface area contributed by atoms with Gasteiger partial charge in [0.05, 0.1) is 30.2 Å². The van der Waals surface area contributed by atoms with Crippen LogP contribution in [0, 0.1) is 0 Å². The normalized spacial score (nSPS) is 22.1. The number of fused-ring (bicyclic) bond motifs is 1. The lowest BCUT2D eigenvalue weighted by Crippen LogP contribution is -2.37. The summed E-state index contributed by atoms with van der Waals surface area (Å²) in [6, 6.07) is 3.94. The summed E-state index contributed by atoms with van der Waals surface area (Å²) < 4.78 is 83.9. The van der Waals surface area contributed by atoms with Crippen LogP contribution in [-0.2, 0) is 35.7 Å². The molecule has 1 unspecified atom stereocenters. The number of rotatable bonds is 10. The van der Waals surface area contributed by atoms with Crippen LogP contribution in [0.15, 0.2) is 23.1 Å². The van der Waals surface area contributed by atoms with Crippen LogP contribution >= 0.6 is 11.8 Å². The Balaban J connectivity index is 1.42.